The number of aryl methyl sites for hydroxylation is 2. The van der Waals surface area contributed by atoms with Crippen LogP contribution in [0.3, 0.4) is 0 Å². The highest BCUT2D eigenvalue weighted by Crippen LogP contribution is 2.23. The minimum Gasteiger partial charge on any atom is -0.496 e. The fourth-order valence-electron chi connectivity index (χ4n) is 3.16. The van der Waals surface area contributed by atoms with Crippen LogP contribution >= 0.6 is 0 Å². The number of sulfonamides is 1. The van der Waals surface area contributed by atoms with Crippen LogP contribution in [0.2, 0.25) is 0 Å². The molecule has 0 atom stereocenters. The van der Waals surface area contributed by atoms with Crippen molar-refractivity contribution in [3.63, 3.8) is 0 Å². The zero-order chi connectivity index (χ0) is 17.3. The number of rotatable bonds is 5. The molecule has 2 aromatic rings. The molecule has 1 heterocycles. The summed E-state index contributed by atoms with van der Waals surface area (Å²) in [4.78, 5) is 4.84. The maximum atomic E-state index is 12.5. The van der Waals surface area contributed by atoms with Gasteiger partial charge in [0.1, 0.15) is 11.6 Å². The summed E-state index contributed by atoms with van der Waals surface area (Å²) in [6.45, 7) is 2.02. The highest BCUT2D eigenvalue weighted by Gasteiger charge is 2.20. The van der Waals surface area contributed by atoms with E-state index < -0.39 is 10.0 Å². The number of aromatic nitrogens is 2. The summed E-state index contributed by atoms with van der Waals surface area (Å²) in [6.07, 6.45) is 4.32. The molecule has 0 bridgehead atoms. The van der Waals surface area contributed by atoms with Gasteiger partial charge in [0, 0.05) is 12.7 Å². The van der Waals surface area contributed by atoms with E-state index in [9.17, 15) is 8.42 Å². The Balaban J connectivity index is 1.78. The third-order valence-electron chi connectivity index (χ3n) is 4.56. The first-order valence-corrected chi connectivity index (χ1v) is 9.58. The number of hydrogen-bond donors (Lipinski definition) is 1. The van der Waals surface area contributed by atoms with Crippen molar-refractivity contribution < 1.29 is 13.2 Å². The number of benzene rings is 1. The van der Waals surface area contributed by atoms with Gasteiger partial charge in [0.05, 0.1) is 24.2 Å². The van der Waals surface area contributed by atoms with E-state index in [2.05, 4.69) is 9.71 Å². The predicted octanol–water partition coefficient (Wildman–Crippen LogP) is 2.09. The number of nitrogens with zero attached hydrogens (tertiary/aromatic N) is 2. The largest absolute Gasteiger partial charge is 0.496 e. The molecular formula is C17H23N3O3S. The second-order valence-corrected chi connectivity index (χ2v) is 7.91. The van der Waals surface area contributed by atoms with Gasteiger partial charge in [-0.05, 0) is 56.4 Å². The van der Waals surface area contributed by atoms with Gasteiger partial charge in [-0.25, -0.2) is 18.1 Å². The molecule has 0 unspecified atom stereocenters. The topological polar surface area (TPSA) is 73.2 Å². The van der Waals surface area contributed by atoms with E-state index >= 15 is 0 Å². The summed E-state index contributed by atoms with van der Waals surface area (Å²) in [5.41, 5.74) is 3.13. The molecule has 0 saturated carbocycles. The Morgan fingerprint density at radius 3 is 2.71 bits per heavy atom. The Hall–Kier alpha value is -1.86. The molecular weight excluding hydrogens is 326 g/mol. The Labute approximate surface area is 142 Å². The lowest BCUT2D eigenvalue weighted by Gasteiger charge is -2.12. The normalized spacial score (nSPS) is 14.5. The number of fused-ring (bicyclic) bond motifs is 1. The van der Waals surface area contributed by atoms with Crippen LogP contribution in [-0.4, -0.2) is 25.1 Å². The number of imidazole rings is 1. The molecule has 24 heavy (non-hydrogen) atoms. The lowest BCUT2D eigenvalue weighted by atomic mass is 10.0. The number of ether oxygens (including phenoxy) is 1. The van der Waals surface area contributed by atoms with E-state index in [4.69, 9.17) is 4.74 Å². The molecule has 1 aliphatic carbocycles. The van der Waals surface area contributed by atoms with Crippen LogP contribution in [-0.2, 0) is 36.5 Å². The molecule has 1 N–H and O–H groups in total. The smallest absolute Gasteiger partial charge is 0.240 e. The maximum absolute atomic E-state index is 12.5. The van der Waals surface area contributed by atoms with E-state index in [1.165, 1.54) is 12.1 Å². The Morgan fingerprint density at radius 1 is 1.29 bits per heavy atom. The molecule has 0 spiro atoms. The molecule has 6 nitrogen and oxygen atoms in total. The van der Waals surface area contributed by atoms with Gasteiger partial charge in [-0.3, -0.25) is 0 Å². The van der Waals surface area contributed by atoms with Gasteiger partial charge < -0.3 is 9.30 Å². The first-order valence-electron chi connectivity index (χ1n) is 8.10. The van der Waals surface area contributed by atoms with Crippen LogP contribution < -0.4 is 9.46 Å². The summed E-state index contributed by atoms with van der Waals surface area (Å²) >= 11 is 0. The van der Waals surface area contributed by atoms with Crippen molar-refractivity contribution in [1.29, 1.82) is 0 Å². The van der Waals surface area contributed by atoms with Gasteiger partial charge in [-0.2, -0.15) is 0 Å². The fraction of sp³-hybridized carbons (Fsp3) is 0.471. The SMILES string of the molecule is COc1ccc(S(=O)(=O)NCc2nc3c(n2C)CCCC3)cc1C. The summed E-state index contributed by atoms with van der Waals surface area (Å²) in [6, 6.07) is 4.84. The van der Waals surface area contributed by atoms with Gasteiger partial charge >= 0.3 is 0 Å². The van der Waals surface area contributed by atoms with Crippen molar-refractivity contribution in [2.75, 3.05) is 7.11 Å². The van der Waals surface area contributed by atoms with Crippen LogP contribution in [0.25, 0.3) is 0 Å². The minimum absolute atomic E-state index is 0.191. The predicted molar refractivity (Wildman–Crippen MR) is 91.6 cm³/mol. The first kappa shape index (κ1) is 17.0. The van der Waals surface area contributed by atoms with Gasteiger partial charge in [-0.15, -0.1) is 0 Å². The van der Waals surface area contributed by atoms with Crippen molar-refractivity contribution >= 4 is 10.0 Å². The van der Waals surface area contributed by atoms with Crippen molar-refractivity contribution in [3.8, 4) is 5.75 Å². The quantitative estimate of drug-likeness (QED) is 0.897. The zero-order valence-corrected chi connectivity index (χ0v) is 15.1. The molecule has 0 aliphatic heterocycles. The van der Waals surface area contributed by atoms with Crippen molar-refractivity contribution in [2.24, 2.45) is 7.05 Å². The van der Waals surface area contributed by atoms with Crippen molar-refractivity contribution in [2.45, 2.75) is 44.0 Å². The average Bonchev–Trinajstić information content (AvgIpc) is 2.89. The Morgan fingerprint density at radius 2 is 2.04 bits per heavy atom. The molecule has 130 valence electrons. The average molecular weight is 349 g/mol. The molecule has 1 aromatic heterocycles. The van der Waals surface area contributed by atoms with Gasteiger partial charge in [0.15, 0.2) is 0 Å². The number of hydrogen-bond acceptors (Lipinski definition) is 4. The maximum Gasteiger partial charge on any atom is 0.240 e. The lowest BCUT2D eigenvalue weighted by molar-refractivity contribution is 0.411. The first-order chi connectivity index (χ1) is 11.4. The summed E-state index contributed by atoms with van der Waals surface area (Å²) in [5.74, 6) is 1.43. The van der Waals surface area contributed by atoms with Gasteiger partial charge in [0.2, 0.25) is 10.0 Å². The minimum atomic E-state index is -3.58. The molecule has 1 aliphatic rings. The third-order valence-corrected chi connectivity index (χ3v) is 5.96. The second kappa shape index (κ2) is 6.57. The van der Waals surface area contributed by atoms with Crippen LogP contribution in [0.4, 0.5) is 0 Å². The van der Waals surface area contributed by atoms with Crippen LogP contribution in [0.15, 0.2) is 23.1 Å². The van der Waals surface area contributed by atoms with E-state index in [1.54, 1.807) is 25.3 Å². The molecule has 1 aromatic carbocycles. The number of methoxy groups -OCH3 is 1. The molecule has 7 heteroatoms. The standard InChI is InChI=1S/C17H23N3O3S/c1-12-10-13(8-9-16(12)23-3)24(21,22)18-11-17-19-14-6-4-5-7-15(14)20(17)2/h8-10,18H,4-7,11H2,1-3H3. The van der Waals surface area contributed by atoms with Crippen molar-refractivity contribution in [1.82, 2.24) is 14.3 Å². The van der Waals surface area contributed by atoms with Gasteiger partial charge in [0.25, 0.3) is 0 Å². The van der Waals surface area contributed by atoms with E-state index in [0.717, 1.165) is 36.3 Å². The van der Waals surface area contributed by atoms with Crippen LogP contribution in [0.1, 0.15) is 35.6 Å². The molecule has 0 radical (unpaired) electrons. The van der Waals surface area contributed by atoms with E-state index in [-0.39, 0.29) is 11.4 Å². The van der Waals surface area contributed by atoms with E-state index in [1.807, 2.05) is 18.5 Å². The monoisotopic (exact) mass is 349 g/mol. The highest BCUT2D eigenvalue weighted by molar-refractivity contribution is 7.89. The third kappa shape index (κ3) is 3.18. The molecule has 0 amide bonds. The fourth-order valence-corrected chi connectivity index (χ4v) is 4.23. The molecule has 0 saturated heterocycles. The Bertz CT molecular complexity index is 856. The van der Waals surface area contributed by atoms with Gasteiger partial charge in [-0.1, -0.05) is 0 Å². The van der Waals surface area contributed by atoms with E-state index in [0.29, 0.717) is 5.75 Å². The highest BCUT2D eigenvalue weighted by atomic mass is 32.2. The molecule has 0 fully saturated rings. The van der Waals surface area contributed by atoms with Crippen LogP contribution in [0.5, 0.6) is 5.75 Å². The molecule has 3 rings (SSSR count). The zero-order valence-electron chi connectivity index (χ0n) is 14.3. The van der Waals surface area contributed by atoms with Crippen LogP contribution in [0, 0.1) is 6.92 Å². The Kier molecular flexibility index (Phi) is 4.64. The second-order valence-electron chi connectivity index (χ2n) is 6.14. The van der Waals surface area contributed by atoms with Crippen molar-refractivity contribution in [3.05, 3.63) is 41.0 Å². The number of nitrogens with one attached hydrogen (secondary N) is 1. The summed E-state index contributed by atoms with van der Waals surface area (Å²) in [7, 11) is -0.0593. The lowest BCUT2D eigenvalue weighted by Crippen LogP contribution is -2.25. The summed E-state index contributed by atoms with van der Waals surface area (Å²) < 4.78 is 34.9. The summed E-state index contributed by atoms with van der Waals surface area (Å²) in [5, 5.41) is 0.